The van der Waals surface area contributed by atoms with Crippen LogP contribution in [0.1, 0.15) is 34.1 Å². The molecule has 4 rings (SSSR count). The van der Waals surface area contributed by atoms with Gasteiger partial charge in [0.1, 0.15) is 12.3 Å². The predicted molar refractivity (Wildman–Crippen MR) is 127 cm³/mol. The minimum absolute atomic E-state index is 0.0234. The summed E-state index contributed by atoms with van der Waals surface area (Å²) in [5.74, 6) is -3.00. The monoisotopic (exact) mass is 500 g/mol. The fraction of sp³-hybridized carbons (Fsp3) is 0.280. The van der Waals surface area contributed by atoms with Crippen molar-refractivity contribution in [1.29, 1.82) is 0 Å². The highest BCUT2D eigenvalue weighted by atomic mass is 35.5. The van der Waals surface area contributed by atoms with Crippen LogP contribution >= 0.6 is 23.2 Å². The third kappa shape index (κ3) is 4.33. The molecular weight excluding hydrogens is 479 g/mol. The Morgan fingerprint density at radius 3 is 2.41 bits per heavy atom. The molecule has 1 aliphatic heterocycles. The van der Waals surface area contributed by atoms with Crippen molar-refractivity contribution in [3.8, 4) is 5.75 Å². The maximum Gasteiger partial charge on any atom is 0.274 e. The second-order valence-electron chi connectivity index (χ2n) is 8.28. The average Bonchev–Trinajstić information content (AvgIpc) is 3.08. The standard InChI is InChI=1S/C25H22Cl2N2O5/c1-14-4-3-5-19-22(14)25(33)29(24(19)32)28(23(31)18-11-8-16(26)12-20(18)27)13-21(30)15-6-9-17(34-2)10-7-15/h3-4,6-12,14,19,22H,5,13H2,1-2H3/t14-,19+,22-/m0/s1. The molecule has 0 unspecified atom stereocenters. The van der Waals surface area contributed by atoms with Crippen molar-refractivity contribution in [2.75, 3.05) is 13.7 Å². The molecule has 9 heteroatoms. The van der Waals surface area contributed by atoms with Crippen LogP contribution in [-0.4, -0.2) is 47.2 Å². The summed E-state index contributed by atoms with van der Waals surface area (Å²) in [4.78, 5) is 53.4. The number of halogens is 2. The van der Waals surface area contributed by atoms with Crippen LogP contribution in [0.25, 0.3) is 0 Å². The Balaban J connectivity index is 1.72. The topological polar surface area (TPSA) is 84.0 Å². The SMILES string of the molecule is COc1ccc(C(=O)CN(C(=O)c2ccc(Cl)cc2Cl)N2C(=O)[C@H]3[C@@H](C)C=CC[C@H]3C2=O)cc1. The van der Waals surface area contributed by atoms with E-state index in [1.807, 2.05) is 19.1 Å². The molecule has 3 amide bonds. The Morgan fingerprint density at radius 1 is 1.09 bits per heavy atom. The van der Waals surface area contributed by atoms with Gasteiger partial charge in [-0.15, -0.1) is 0 Å². The second kappa shape index (κ2) is 9.60. The van der Waals surface area contributed by atoms with E-state index in [0.29, 0.717) is 22.8 Å². The van der Waals surface area contributed by atoms with Crippen LogP contribution in [0.5, 0.6) is 5.75 Å². The molecule has 0 radical (unpaired) electrons. The average molecular weight is 501 g/mol. The van der Waals surface area contributed by atoms with E-state index in [-0.39, 0.29) is 16.5 Å². The number of carbonyl (C=O) groups is 4. The highest BCUT2D eigenvalue weighted by Crippen LogP contribution is 2.39. The van der Waals surface area contributed by atoms with Gasteiger partial charge in [0.15, 0.2) is 5.78 Å². The van der Waals surface area contributed by atoms with Gasteiger partial charge in [0.05, 0.1) is 29.5 Å². The number of imide groups is 1. The first-order chi connectivity index (χ1) is 16.2. The number of hydrazine groups is 1. The number of fused-ring (bicyclic) bond motifs is 1. The fourth-order valence-electron chi connectivity index (χ4n) is 4.41. The van der Waals surface area contributed by atoms with E-state index in [9.17, 15) is 19.2 Å². The Labute approximate surface area is 206 Å². The number of benzene rings is 2. The summed E-state index contributed by atoms with van der Waals surface area (Å²) in [6.45, 7) is 1.33. The number of ketones is 1. The summed E-state index contributed by atoms with van der Waals surface area (Å²) in [5.41, 5.74) is 0.322. The molecule has 1 heterocycles. The van der Waals surface area contributed by atoms with Crippen molar-refractivity contribution in [2.24, 2.45) is 17.8 Å². The molecule has 1 aliphatic carbocycles. The number of hydrogen-bond donors (Lipinski definition) is 0. The number of carbonyl (C=O) groups excluding carboxylic acids is 4. The van der Waals surface area contributed by atoms with Gasteiger partial charge in [-0.3, -0.25) is 19.2 Å². The highest BCUT2D eigenvalue weighted by molar-refractivity contribution is 6.36. The van der Waals surface area contributed by atoms with Crippen molar-refractivity contribution in [3.05, 3.63) is 75.8 Å². The maximum atomic E-state index is 13.6. The van der Waals surface area contributed by atoms with E-state index in [1.54, 1.807) is 24.3 Å². The van der Waals surface area contributed by atoms with Crippen molar-refractivity contribution < 1.29 is 23.9 Å². The number of allylic oxidation sites excluding steroid dienone is 2. The molecule has 1 fully saturated rings. The summed E-state index contributed by atoms with van der Waals surface area (Å²) in [6.07, 6.45) is 4.15. The number of Topliss-reactive ketones (excluding diaryl/α,β-unsaturated/α-hetero) is 1. The molecule has 34 heavy (non-hydrogen) atoms. The molecule has 0 bridgehead atoms. The van der Waals surface area contributed by atoms with Crippen LogP contribution < -0.4 is 4.74 Å². The lowest BCUT2D eigenvalue weighted by molar-refractivity contribution is -0.154. The number of nitrogens with zero attached hydrogens (tertiary/aromatic N) is 2. The molecule has 3 atom stereocenters. The van der Waals surface area contributed by atoms with Crippen molar-refractivity contribution in [3.63, 3.8) is 0 Å². The van der Waals surface area contributed by atoms with Gasteiger partial charge in [0, 0.05) is 10.6 Å². The number of methoxy groups -OCH3 is 1. The van der Waals surface area contributed by atoms with Gasteiger partial charge in [-0.25, -0.2) is 5.01 Å². The Morgan fingerprint density at radius 2 is 1.79 bits per heavy atom. The van der Waals surface area contributed by atoms with Gasteiger partial charge >= 0.3 is 0 Å². The van der Waals surface area contributed by atoms with Crippen molar-refractivity contribution in [2.45, 2.75) is 13.3 Å². The van der Waals surface area contributed by atoms with Gasteiger partial charge in [-0.05, 0) is 54.8 Å². The van der Waals surface area contributed by atoms with Gasteiger partial charge in [-0.2, -0.15) is 5.01 Å². The largest absolute Gasteiger partial charge is 0.497 e. The van der Waals surface area contributed by atoms with Gasteiger partial charge in [-0.1, -0.05) is 42.3 Å². The molecular formula is C25H22Cl2N2O5. The number of rotatable bonds is 6. The molecule has 7 nitrogen and oxygen atoms in total. The quantitative estimate of drug-likeness (QED) is 0.332. The predicted octanol–water partition coefficient (Wildman–Crippen LogP) is 4.44. The lowest BCUT2D eigenvalue weighted by Gasteiger charge is -2.30. The molecule has 2 aliphatic rings. The van der Waals surface area contributed by atoms with Gasteiger partial charge in [0.25, 0.3) is 17.7 Å². The van der Waals surface area contributed by atoms with Crippen LogP contribution in [0.15, 0.2) is 54.6 Å². The molecule has 0 N–H and O–H groups in total. The van der Waals surface area contributed by atoms with Gasteiger partial charge < -0.3 is 4.74 Å². The third-order valence-corrected chi connectivity index (χ3v) is 6.74. The summed E-state index contributed by atoms with van der Waals surface area (Å²) in [5, 5.41) is 2.10. The van der Waals surface area contributed by atoms with Gasteiger partial charge in [0.2, 0.25) is 0 Å². The molecule has 0 saturated carbocycles. The number of hydrogen-bond acceptors (Lipinski definition) is 5. The lowest BCUT2D eigenvalue weighted by Crippen LogP contribution is -2.52. The van der Waals surface area contributed by atoms with Crippen molar-refractivity contribution >= 4 is 46.7 Å². The van der Waals surface area contributed by atoms with Crippen LogP contribution in [0.3, 0.4) is 0 Å². The van der Waals surface area contributed by atoms with E-state index in [4.69, 9.17) is 27.9 Å². The first-order valence-electron chi connectivity index (χ1n) is 10.7. The normalized spacial score (nSPS) is 21.4. The third-order valence-electron chi connectivity index (χ3n) is 6.19. The van der Waals surface area contributed by atoms with Crippen LogP contribution in [0.2, 0.25) is 10.0 Å². The van der Waals surface area contributed by atoms with E-state index in [2.05, 4.69) is 0 Å². The van der Waals surface area contributed by atoms with E-state index in [0.717, 1.165) is 10.0 Å². The maximum absolute atomic E-state index is 13.6. The molecule has 176 valence electrons. The first kappa shape index (κ1) is 24.0. The second-order valence-corrected chi connectivity index (χ2v) is 9.13. The minimum atomic E-state index is -0.746. The first-order valence-corrected chi connectivity index (χ1v) is 11.5. The summed E-state index contributed by atoms with van der Waals surface area (Å²) >= 11 is 12.2. The molecule has 0 aromatic heterocycles. The smallest absolute Gasteiger partial charge is 0.274 e. The Kier molecular flexibility index (Phi) is 6.77. The fourth-order valence-corrected chi connectivity index (χ4v) is 4.90. The Hall–Kier alpha value is -3.16. The zero-order valence-corrected chi connectivity index (χ0v) is 20.0. The van der Waals surface area contributed by atoms with Crippen molar-refractivity contribution in [1.82, 2.24) is 10.0 Å². The molecule has 2 aromatic rings. The summed E-state index contributed by atoms with van der Waals surface area (Å²) in [7, 11) is 1.51. The zero-order valence-electron chi connectivity index (χ0n) is 18.5. The lowest BCUT2D eigenvalue weighted by atomic mass is 9.78. The van der Waals surface area contributed by atoms with E-state index < -0.39 is 41.9 Å². The summed E-state index contributed by atoms with van der Waals surface area (Å²) in [6, 6.07) is 10.6. The Bertz CT molecular complexity index is 1190. The molecule has 2 aromatic carbocycles. The minimum Gasteiger partial charge on any atom is -0.497 e. The number of amides is 3. The van der Waals surface area contributed by atoms with Crippen LogP contribution in [0.4, 0.5) is 0 Å². The highest BCUT2D eigenvalue weighted by Gasteiger charge is 2.53. The molecule has 0 spiro atoms. The van der Waals surface area contributed by atoms with E-state index >= 15 is 0 Å². The van der Waals surface area contributed by atoms with E-state index in [1.165, 1.54) is 25.3 Å². The number of ether oxygens (including phenoxy) is 1. The van der Waals surface area contributed by atoms with Crippen LogP contribution in [-0.2, 0) is 9.59 Å². The zero-order chi connectivity index (χ0) is 24.6. The summed E-state index contributed by atoms with van der Waals surface area (Å²) < 4.78 is 5.12. The molecule has 1 saturated heterocycles. The van der Waals surface area contributed by atoms with Crippen LogP contribution in [0, 0.1) is 17.8 Å².